The molecule has 0 spiro atoms. The average molecular weight is 421 g/mol. The summed E-state index contributed by atoms with van der Waals surface area (Å²) in [6.45, 7) is -0.381. The van der Waals surface area contributed by atoms with E-state index in [1.54, 1.807) is 55.6 Å². The molecule has 0 aliphatic rings. The number of aromatic nitrogens is 1. The molecule has 0 saturated heterocycles. The van der Waals surface area contributed by atoms with E-state index in [0.717, 1.165) is 30.2 Å². The van der Waals surface area contributed by atoms with Crippen LogP contribution >= 0.6 is 11.3 Å². The van der Waals surface area contributed by atoms with Crippen molar-refractivity contribution in [1.82, 2.24) is 8.87 Å². The minimum Gasteiger partial charge on any atom is -0.324 e. The molecule has 1 heterocycles. The highest BCUT2D eigenvalue weighted by Gasteiger charge is 2.27. The van der Waals surface area contributed by atoms with Gasteiger partial charge < -0.3 is 9.88 Å². The van der Waals surface area contributed by atoms with Crippen LogP contribution in [-0.2, 0) is 22.1 Å². The molecule has 1 N–H and O–H groups in total. The molecule has 0 fully saturated rings. The summed E-state index contributed by atoms with van der Waals surface area (Å²) in [5, 5.41) is 2.71. The summed E-state index contributed by atoms with van der Waals surface area (Å²) in [6, 6.07) is 13.6. The Hall–Kier alpha value is -2.69. The Morgan fingerprint density at radius 1 is 1.14 bits per heavy atom. The van der Waals surface area contributed by atoms with E-state index >= 15 is 0 Å². The van der Waals surface area contributed by atoms with E-state index in [-0.39, 0.29) is 11.4 Å². The highest BCUT2D eigenvalue weighted by Crippen LogP contribution is 2.22. The van der Waals surface area contributed by atoms with Gasteiger partial charge >= 0.3 is 15.1 Å². The molecule has 0 saturated carbocycles. The van der Waals surface area contributed by atoms with Gasteiger partial charge in [-0.05, 0) is 30.3 Å². The molecule has 0 atom stereocenters. The zero-order chi connectivity index (χ0) is 20.5. The number of nitrogens with zero attached hydrogens (tertiary/aromatic N) is 3. The Morgan fingerprint density at radius 2 is 1.82 bits per heavy atom. The van der Waals surface area contributed by atoms with Crippen molar-refractivity contribution in [3.05, 3.63) is 58.2 Å². The van der Waals surface area contributed by atoms with Gasteiger partial charge in [0.15, 0.2) is 0 Å². The Labute approximate surface area is 166 Å². The fourth-order valence-electron chi connectivity index (χ4n) is 2.64. The Morgan fingerprint density at radius 3 is 2.46 bits per heavy atom. The van der Waals surface area contributed by atoms with Gasteiger partial charge in [-0.3, -0.25) is 9.59 Å². The molecule has 10 heteroatoms. The number of carbonyl (C=O) groups is 1. The molecule has 0 aliphatic heterocycles. The van der Waals surface area contributed by atoms with Crippen molar-refractivity contribution in [1.29, 1.82) is 0 Å². The van der Waals surface area contributed by atoms with Crippen LogP contribution in [-0.4, -0.2) is 43.8 Å². The second kappa shape index (κ2) is 7.74. The summed E-state index contributed by atoms with van der Waals surface area (Å²) >= 11 is 1.08. The van der Waals surface area contributed by atoms with Crippen LogP contribution in [0.25, 0.3) is 10.2 Å². The maximum absolute atomic E-state index is 12.7. The van der Waals surface area contributed by atoms with Crippen molar-refractivity contribution in [3.8, 4) is 0 Å². The monoisotopic (exact) mass is 420 g/mol. The van der Waals surface area contributed by atoms with Crippen molar-refractivity contribution < 1.29 is 13.2 Å². The quantitative estimate of drug-likeness (QED) is 0.659. The molecule has 2 aromatic carbocycles. The number of aryl methyl sites for hydroxylation is 1. The lowest BCUT2D eigenvalue weighted by atomic mass is 10.3. The van der Waals surface area contributed by atoms with Crippen LogP contribution in [0.4, 0.5) is 11.4 Å². The molecule has 0 bridgehead atoms. The first-order valence-electron chi connectivity index (χ1n) is 8.35. The van der Waals surface area contributed by atoms with Gasteiger partial charge in [0.25, 0.3) is 0 Å². The lowest BCUT2D eigenvalue weighted by Gasteiger charge is -2.26. The van der Waals surface area contributed by atoms with E-state index in [4.69, 9.17) is 0 Å². The molecule has 3 aromatic rings. The molecule has 1 aromatic heterocycles. The summed E-state index contributed by atoms with van der Waals surface area (Å²) in [6.07, 6.45) is 0. The number of fused-ring (bicyclic) bond motifs is 1. The van der Waals surface area contributed by atoms with Crippen LogP contribution in [0.1, 0.15) is 0 Å². The minimum atomic E-state index is -3.85. The summed E-state index contributed by atoms with van der Waals surface area (Å²) in [4.78, 5) is 24.2. The molecule has 148 valence electrons. The second-order valence-corrected chi connectivity index (χ2v) is 9.35. The van der Waals surface area contributed by atoms with E-state index in [1.807, 2.05) is 0 Å². The maximum atomic E-state index is 12.7. The summed E-state index contributed by atoms with van der Waals surface area (Å²) in [7, 11) is 0.653. The maximum Gasteiger partial charge on any atom is 0.307 e. The van der Waals surface area contributed by atoms with Crippen LogP contribution in [0.2, 0.25) is 0 Å². The summed E-state index contributed by atoms with van der Waals surface area (Å²) in [5.41, 5.74) is 1.66. The topological polar surface area (TPSA) is 91.7 Å². The average Bonchev–Trinajstić information content (AvgIpc) is 2.93. The van der Waals surface area contributed by atoms with Crippen molar-refractivity contribution in [2.75, 3.05) is 30.3 Å². The van der Waals surface area contributed by atoms with E-state index in [0.29, 0.717) is 11.4 Å². The number of benzene rings is 2. The smallest absolute Gasteiger partial charge is 0.307 e. The van der Waals surface area contributed by atoms with Crippen molar-refractivity contribution >= 4 is 49.0 Å². The van der Waals surface area contributed by atoms with Gasteiger partial charge in [-0.1, -0.05) is 29.5 Å². The van der Waals surface area contributed by atoms with Gasteiger partial charge in [0, 0.05) is 26.8 Å². The molecule has 28 heavy (non-hydrogen) atoms. The van der Waals surface area contributed by atoms with E-state index in [2.05, 4.69) is 5.32 Å². The zero-order valence-electron chi connectivity index (χ0n) is 15.6. The summed E-state index contributed by atoms with van der Waals surface area (Å²) in [5.74, 6) is -0.489. The number of hydrogen-bond acceptors (Lipinski definition) is 5. The fourth-order valence-corrected chi connectivity index (χ4v) is 4.62. The number of carbonyl (C=O) groups excluding carboxylic acids is 1. The molecule has 0 aliphatic carbocycles. The van der Waals surface area contributed by atoms with Crippen LogP contribution in [0.3, 0.4) is 0 Å². The van der Waals surface area contributed by atoms with Crippen LogP contribution in [0.15, 0.2) is 53.3 Å². The number of hydrogen-bond donors (Lipinski definition) is 1. The number of para-hydroxylation sites is 1. The molecular formula is C18H20N4O4S2. The van der Waals surface area contributed by atoms with Gasteiger partial charge in [-0.15, -0.1) is 0 Å². The SMILES string of the molecule is CN(C)S(=O)(=O)N(CC(=O)Nc1ccc2c(c1)sc(=O)n2C)c1ccccc1. The Bertz CT molecular complexity index is 1170. The molecule has 0 unspecified atom stereocenters. The van der Waals surface area contributed by atoms with Gasteiger partial charge in [0.2, 0.25) is 5.91 Å². The highest BCUT2D eigenvalue weighted by atomic mass is 32.2. The lowest BCUT2D eigenvalue weighted by Crippen LogP contribution is -2.44. The Kier molecular flexibility index (Phi) is 5.54. The first-order chi connectivity index (χ1) is 13.2. The molecule has 8 nitrogen and oxygen atoms in total. The normalized spacial score (nSPS) is 11.7. The molecule has 3 rings (SSSR count). The first-order valence-corrected chi connectivity index (χ1v) is 10.6. The third kappa shape index (κ3) is 3.93. The predicted octanol–water partition coefficient (Wildman–Crippen LogP) is 1.85. The zero-order valence-corrected chi connectivity index (χ0v) is 17.3. The summed E-state index contributed by atoms with van der Waals surface area (Å²) < 4.78 is 29.7. The first kappa shape index (κ1) is 20.1. The number of rotatable bonds is 6. The molecule has 1 amide bonds. The van der Waals surface area contributed by atoms with E-state index < -0.39 is 16.1 Å². The predicted molar refractivity (Wildman–Crippen MR) is 112 cm³/mol. The molecule has 0 radical (unpaired) electrons. The van der Waals surface area contributed by atoms with Gasteiger partial charge in [0.05, 0.1) is 15.9 Å². The lowest BCUT2D eigenvalue weighted by molar-refractivity contribution is -0.114. The standard InChI is InChI=1S/C18H20N4O4S2/c1-20(2)28(25,26)22(14-7-5-4-6-8-14)12-17(23)19-13-9-10-15-16(11-13)27-18(24)21(15)3/h4-11H,12H2,1-3H3,(H,19,23). The number of nitrogens with one attached hydrogen (secondary N) is 1. The Balaban J connectivity index is 1.85. The number of thiazole rings is 1. The van der Waals surface area contributed by atoms with Crippen molar-refractivity contribution in [3.63, 3.8) is 0 Å². The third-order valence-electron chi connectivity index (χ3n) is 4.15. The fraction of sp³-hybridized carbons (Fsp3) is 0.222. The van der Waals surface area contributed by atoms with Gasteiger partial charge in [-0.25, -0.2) is 4.31 Å². The second-order valence-electron chi connectivity index (χ2n) is 6.29. The third-order valence-corrected chi connectivity index (χ3v) is 6.96. The number of anilines is 2. The van der Waals surface area contributed by atoms with Crippen LogP contribution in [0, 0.1) is 0 Å². The van der Waals surface area contributed by atoms with Gasteiger partial charge in [-0.2, -0.15) is 12.7 Å². The molecular weight excluding hydrogens is 400 g/mol. The van der Waals surface area contributed by atoms with Gasteiger partial charge in [0.1, 0.15) is 6.54 Å². The van der Waals surface area contributed by atoms with Crippen LogP contribution in [0.5, 0.6) is 0 Å². The van der Waals surface area contributed by atoms with Crippen molar-refractivity contribution in [2.24, 2.45) is 7.05 Å². The van der Waals surface area contributed by atoms with E-state index in [9.17, 15) is 18.0 Å². The largest absolute Gasteiger partial charge is 0.324 e. The van der Waals surface area contributed by atoms with E-state index in [1.165, 1.54) is 18.7 Å². The van der Waals surface area contributed by atoms with Crippen molar-refractivity contribution in [2.45, 2.75) is 0 Å². The van der Waals surface area contributed by atoms with Crippen LogP contribution < -0.4 is 14.5 Å². The minimum absolute atomic E-state index is 0.0918. The number of amides is 1. The highest BCUT2D eigenvalue weighted by molar-refractivity contribution is 7.90.